The zero-order valence-corrected chi connectivity index (χ0v) is 16.3. The molecule has 0 aliphatic heterocycles. The van der Waals surface area contributed by atoms with Gasteiger partial charge in [0.15, 0.2) is 11.5 Å². The minimum atomic E-state index is -3.68. The molecule has 2 aromatic rings. The number of ether oxygens (including phenoxy) is 2. The molecule has 0 fully saturated rings. The maximum Gasteiger partial charge on any atom is 0.257 e. The van der Waals surface area contributed by atoms with Gasteiger partial charge in [-0.05, 0) is 30.3 Å². The van der Waals surface area contributed by atoms with E-state index in [1.165, 1.54) is 46.5 Å². The van der Waals surface area contributed by atoms with Crippen LogP contribution in [-0.4, -0.2) is 46.9 Å². The molecule has 0 heterocycles. The number of hydrogen-bond acceptors (Lipinski definition) is 5. The summed E-state index contributed by atoms with van der Waals surface area (Å²) in [6, 6.07) is 8.83. The van der Waals surface area contributed by atoms with Gasteiger partial charge in [-0.2, -0.15) is 0 Å². The summed E-state index contributed by atoms with van der Waals surface area (Å²) >= 11 is 6.08. The van der Waals surface area contributed by atoms with Gasteiger partial charge >= 0.3 is 0 Å². The van der Waals surface area contributed by atoms with E-state index in [9.17, 15) is 13.2 Å². The number of nitrogens with zero attached hydrogens (tertiary/aromatic N) is 1. The van der Waals surface area contributed by atoms with Crippen LogP contribution in [0.3, 0.4) is 0 Å². The van der Waals surface area contributed by atoms with E-state index in [4.69, 9.17) is 21.1 Å². The number of nitrogens with one attached hydrogen (secondary N) is 1. The molecule has 0 atom stereocenters. The Morgan fingerprint density at radius 1 is 1.04 bits per heavy atom. The van der Waals surface area contributed by atoms with Gasteiger partial charge in [0.1, 0.15) is 0 Å². The highest BCUT2D eigenvalue weighted by atomic mass is 35.5. The van der Waals surface area contributed by atoms with Gasteiger partial charge in [-0.1, -0.05) is 11.6 Å². The molecule has 1 N–H and O–H groups in total. The summed E-state index contributed by atoms with van der Waals surface area (Å²) < 4.78 is 35.9. The summed E-state index contributed by atoms with van der Waals surface area (Å²) in [5.74, 6) is 0.418. The van der Waals surface area contributed by atoms with Crippen molar-refractivity contribution >= 4 is 33.2 Å². The molecule has 140 valence electrons. The fourth-order valence-corrected chi connectivity index (χ4v) is 3.29. The Morgan fingerprint density at radius 2 is 1.69 bits per heavy atom. The summed E-state index contributed by atoms with van der Waals surface area (Å²) in [6.07, 6.45) is 0. The fourth-order valence-electron chi connectivity index (χ4n) is 2.16. The molecular formula is C17H19ClN2O5S. The molecule has 0 unspecified atom stereocenters. The van der Waals surface area contributed by atoms with Crippen molar-refractivity contribution in [2.24, 2.45) is 0 Å². The lowest BCUT2D eigenvalue weighted by Gasteiger charge is -2.14. The van der Waals surface area contributed by atoms with Crippen molar-refractivity contribution in [1.82, 2.24) is 4.31 Å². The Morgan fingerprint density at radius 3 is 2.27 bits per heavy atom. The van der Waals surface area contributed by atoms with E-state index in [2.05, 4.69) is 5.32 Å². The van der Waals surface area contributed by atoms with Crippen molar-refractivity contribution in [1.29, 1.82) is 0 Å². The van der Waals surface area contributed by atoms with Crippen LogP contribution in [0.25, 0.3) is 0 Å². The van der Waals surface area contributed by atoms with E-state index in [1.54, 1.807) is 18.2 Å². The van der Waals surface area contributed by atoms with Gasteiger partial charge in [-0.15, -0.1) is 0 Å². The highest BCUT2D eigenvalue weighted by Gasteiger charge is 2.21. The van der Waals surface area contributed by atoms with Gasteiger partial charge in [0.25, 0.3) is 5.91 Å². The maximum atomic E-state index is 12.6. The van der Waals surface area contributed by atoms with Crippen molar-refractivity contribution < 1.29 is 22.7 Å². The third kappa shape index (κ3) is 4.09. The smallest absolute Gasteiger partial charge is 0.257 e. The van der Waals surface area contributed by atoms with Crippen LogP contribution in [0.1, 0.15) is 10.4 Å². The highest BCUT2D eigenvalue weighted by molar-refractivity contribution is 7.89. The van der Waals surface area contributed by atoms with Gasteiger partial charge in [-0.3, -0.25) is 4.79 Å². The van der Waals surface area contributed by atoms with Gasteiger partial charge in [0.05, 0.1) is 29.7 Å². The Kier molecular flexibility index (Phi) is 6.12. The predicted molar refractivity (Wildman–Crippen MR) is 99.8 cm³/mol. The summed E-state index contributed by atoms with van der Waals surface area (Å²) in [5, 5.41) is 2.81. The fraction of sp³-hybridized carbons (Fsp3) is 0.235. The second-order valence-electron chi connectivity index (χ2n) is 5.45. The Hall–Kier alpha value is -2.29. The molecule has 0 bridgehead atoms. The number of benzene rings is 2. The lowest BCUT2D eigenvalue weighted by atomic mass is 10.2. The lowest BCUT2D eigenvalue weighted by Crippen LogP contribution is -2.23. The highest BCUT2D eigenvalue weighted by Crippen LogP contribution is 2.30. The topological polar surface area (TPSA) is 84.9 Å². The molecule has 0 saturated heterocycles. The van der Waals surface area contributed by atoms with Crippen LogP contribution in [0.4, 0.5) is 5.69 Å². The molecule has 0 saturated carbocycles. The molecule has 0 aliphatic carbocycles. The first-order chi connectivity index (χ1) is 12.2. The van der Waals surface area contributed by atoms with Crippen LogP contribution in [0.15, 0.2) is 41.3 Å². The lowest BCUT2D eigenvalue weighted by molar-refractivity contribution is 0.102. The van der Waals surface area contributed by atoms with Gasteiger partial charge in [-0.25, -0.2) is 12.7 Å². The number of amides is 1. The van der Waals surface area contributed by atoms with Crippen molar-refractivity contribution in [2.45, 2.75) is 4.90 Å². The second kappa shape index (κ2) is 7.94. The summed E-state index contributed by atoms with van der Waals surface area (Å²) in [6.45, 7) is 0. The molecular weight excluding hydrogens is 380 g/mol. The number of rotatable bonds is 6. The molecule has 0 aliphatic rings. The minimum Gasteiger partial charge on any atom is -0.493 e. The van der Waals surface area contributed by atoms with E-state index >= 15 is 0 Å². The van der Waals surface area contributed by atoms with Crippen LogP contribution in [-0.2, 0) is 10.0 Å². The monoisotopic (exact) mass is 398 g/mol. The summed E-state index contributed by atoms with van der Waals surface area (Å²) in [4.78, 5) is 12.5. The normalized spacial score (nSPS) is 11.3. The van der Waals surface area contributed by atoms with Crippen LogP contribution < -0.4 is 14.8 Å². The van der Waals surface area contributed by atoms with E-state index in [1.807, 2.05) is 0 Å². The van der Waals surface area contributed by atoms with Gasteiger partial charge in [0, 0.05) is 25.8 Å². The van der Waals surface area contributed by atoms with Crippen molar-refractivity contribution in [3.63, 3.8) is 0 Å². The largest absolute Gasteiger partial charge is 0.493 e. The quantitative estimate of drug-likeness (QED) is 0.808. The molecule has 2 rings (SSSR count). The first kappa shape index (κ1) is 20.0. The Bertz CT molecular complexity index is 929. The third-order valence-corrected chi connectivity index (χ3v) is 5.74. The second-order valence-corrected chi connectivity index (χ2v) is 8.01. The van der Waals surface area contributed by atoms with Crippen LogP contribution in [0, 0.1) is 0 Å². The first-order valence-corrected chi connectivity index (χ1v) is 9.28. The summed E-state index contributed by atoms with van der Waals surface area (Å²) in [5.41, 5.74) is 0.494. The average Bonchev–Trinajstić information content (AvgIpc) is 2.61. The van der Waals surface area contributed by atoms with Crippen molar-refractivity contribution in [3.8, 4) is 11.5 Å². The standard InChI is InChI=1S/C17H19ClN2O5S/c1-20(2)26(22,23)12-6-7-14(18)13(10-12)17(21)19-11-5-8-15(24-3)16(9-11)25-4/h5-10H,1-4H3,(H,19,21). The molecule has 2 aromatic carbocycles. The predicted octanol–water partition coefficient (Wildman–Crippen LogP) is 2.86. The first-order valence-electron chi connectivity index (χ1n) is 7.46. The van der Waals surface area contributed by atoms with Crippen molar-refractivity contribution in [3.05, 3.63) is 47.0 Å². The number of carbonyl (C=O) groups excluding carboxylic acids is 1. The number of anilines is 1. The molecule has 9 heteroatoms. The molecule has 26 heavy (non-hydrogen) atoms. The van der Waals surface area contributed by atoms with E-state index in [0.29, 0.717) is 17.2 Å². The zero-order chi connectivity index (χ0) is 19.5. The van der Waals surface area contributed by atoms with Crippen LogP contribution >= 0.6 is 11.6 Å². The minimum absolute atomic E-state index is 0.0237. The average molecular weight is 399 g/mol. The Labute approximate surface area is 157 Å². The van der Waals surface area contributed by atoms with E-state index in [-0.39, 0.29) is 15.5 Å². The maximum absolute atomic E-state index is 12.6. The molecule has 0 aromatic heterocycles. The number of hydrogen-bond donors (Lipinski definition) is 1. The van der Waals surface area contributed by atoms with Crippen molar-refractivity contribution in [2.75, 3.05) is 33.6 Å². The third-order valence-electron chi connectivity index (χ3n) is 3.60. The molecule has 7 nitrogen and oxygen atoms in total. The molecule has 1 amide bonds. The van der Waals surface area contributed by atoms with E-state index < -0.39 is 15.9 Å². The Balaban J connectivity index is 2.36. The number of carbonyl (C=O) groups is 1. The SMILES string of the molecule is COc1ccc(NC(=O)c2cc(S(=O)(=O)N(C)C)ccc2Cl)cc1OC. The van der Waals surface area contributed by atoms with Crippen LogP contribution in [0.5, 0.6) is 11.5 Å². The van der Waals surface area contributed by atoms with E-state index in [0.717, 1.165) is 4.31 Å². The van der Waals surface area contributed by atoms with Gasteiger partial charge in [0.2, 0.25) is 10.0 Å². The summed E-state index contributed by atoms with van der Waals surface area (Å²) in [7, 11) is 2.12. The molecule has 0 spiro atoms. The number of halogens is 1. The zero-order valence-electron chi connectivity index (χ0n) is 14.7. The van der Waals surface area contributed by atoms with Gasteiger partial charge < -0.3 is 14.8 Å². The molecule has 0 radical (unpaired) electrons. The number of sulfonamides is 1. The van der Waals surface area contributed by atoms with Crippen LogP contribution in [0.2, 0.25) is 5.02 Å². The number of methoxy groups -OCH3 is 2.